The average Bonchev–Trinajstić information content (AvgIpc) is 2.24. The molecular formula is C15H24O2. The highest BCUT2D eigenvalue weighted by Crippen LogP contribution is 2.46. The molecule has 96 valence electrons. The maximum atomic E-state index is 10.4. The van der Waals surface area contributed by atoms with Crippen LogP contribution in [0, 0.1) is 11.8 Å². The molecule has 2 rings (SSSR count). The molecule has 0 aliphatic heterocycles. The number of aliphatic hydroxyl groups is 2. The van der Waals surface area contributed by atoms with Gasteiger partial charge >= 0.3 is 0 Å². The van der Waals surface area contributed by atoms with Crippen molar-refractivity contribution in [3.63, 3.8) is 0 Å². The summed E-state index contributed by atoms with van der Waals surface area (Å²) in [6.07, 6.45) is 2.88. The first-order valence-corrected chi connectivity index (χ1v) is 6.66. The fourth-order valence-electron chi connectivity index (χ4n) is 3.30. The Kier molecular flexibility index (Phi) is 3.21. The zero-order chi connectivity index (χ0) is 12.8. The van der Waals surface area contributed by atoms with Gasteiger partial charge in [-0.15, -0.1) is 0 Å². The van der Waals surface area contributed by atoms with E-state index in [1.54, 1.807) is 6.92 Å². The molecule has 0 aromatic rings. The van der Waals surface area contributed by atoms with Crippen LogP contribution in [0.1, 0.15) is 46.5 Å². The summed E-state index contributed by atoms with van der Waals surface area (Å²) in [6, 6.07) is 0. The van der Waals surface area contributed by atoms with Crippen LogP contribution < -0.4 is 0 Å². The van der Waals surface area contributed by atoms with Gasteiger partial charge in [-0.2, -0.15) is 0 Å². The van der Waals surface area contributed by atoms with Crippen LogP contribution in [0.2, 0.25) is 0 Å². The summed E-state index contributed by atoms with van der Waals surface area (Å²) in [5.41, 5.74) is 2.52. The van der Waals surface area contributed by atoms with Crippen molar-refractivity contribution in [2.45, 2.75) is 58.2 Å². The van der Waals surface area contributed by atoms with E-state index in [0.29, 0.717) is 18.3 Å². The number of allylic oxidation sites excluding steroid dienone is 2. The third-order valence-corrected chi connectivity index (χ3v) is 4.50. The molecule has 3 atom stereocenters. The number of rotatable bonds is 1. The Morgan fingerprint density at radius 3 is 2.59 bits per heavy atom. The second-order valence-electron chi connectivity index (χ2n) is 6.19. The Morgan fingerprint density at radius 2 is 2.00 bits per heavy atom. The van der Waals surface area contributed by atoms with Gasteiger partial charge in [0, 0.05) is 0 Å². The Balaban J connectivity index is 2.45. The first-order valence-electron chi connectivity index (χ1n) is 6.66. The fourth-order valence-corrected chi connectivity index (χ4v) is 3.30. The number of aliphatic hydroxyl groups excluding tert-OH is 1. The molecular weight excluding hydrogens is 212 g/mol. The summed E-state index contributed by atoms with van der Waals surface area (Å²) < 4.78 is 0. The van der Waals surface area contributed by atoms with Crippen LogP contribution in [0.3, 0.4) is 0 Å². The van der Waals surface area contributed by atoms with Crippen LogP contribution in [0.25, 0.3) is 0 Å². The second kappa shape index (κ2) is 4.25. The predicted molar refractivity (Wildman–Crippen MR) is 69.6 cm³/mol. The zero-order valence-electron chi connectivity index (χ0n) is 11.2. The summed E-state index contributed by atoms with van der Waals surface area (Å²) in [6.45, 7) is 10.3. The molecule has 0 spiro atoms. The van der Waals surface area contributed by atoms with Crippen molar-refractivity contribution in [1.29, 1.82) is 0 Å². The lowest BCUT2D eigenvalue weighted by Crippen LogP contribution is -2.47. The first kappa shape index (κ1) is 12.8. The first-order chi connectivity index (χ1) is 7.84. The normalized spacial score (nSPS) is 38.6. The van der Waals surface area contributed by atoms with Gasteiger partial charge in [-0.3, -0.25) is 0 Å². The summed E-state index contributed by atoms with van der Waals surface area (Å²) in [5, 5.41) is 20.7. The molecule has 2 N–H and O–H groups in total. The molecule has 2 nitrogen and oxygen atoms in total. The molecule has 0 aromatic carbocycles. The van der Waals surface area contributed by atoms with Crippen molar-refractivity contribution in [1.82, 2.24) is 0 Å². The minimum atomic E-state index is -0.969. The van der Waals surface area contributed by atoms with Crippen molar-refractivity contribution in [3.05, 3.63) is 23.3 Å². The Hall–Kier alpha value is -0.600. The highest BCUT2D eigenvalue weighted by molar-refractivity contribution is 5.42. The molecule has 0 saturated carbocycles. The third-order valence-electron chi connectivity index (χ3n) is 4.50. The van der Waals surface area contributed by atoms with E-state index >= 15 is 0 Å². The van der Waals surface area contributed by atoms with E-state index in [2.05, 4.69) is 20.4 Å². The molecule has 3 unspecified atom stereocenters. The smallest absolute Gasteiger partial charge is 0.104 e. The van der Waals surface area contributed by atoms with E-state index in [1.807, 2.05) is 0 Å². The van der Waals surface area contributed by atoms with E-state index in [9.17, 15) is 10.2 Å². The SMILES string of the molecule is C=C1CCC(C(C)C)C2=C1CCC(C)(O)C2O. The van der Waals surface area contributed by atoms with Crippen molar-refractivity contribution in [2.24, 2.45) is 11.8 Å². The molecule has 2 aliphatic carbocycles. The summed E-state index contributed by atoms with van der Waals surface area (Å²) in [4.78, 5) is 0. The number of hydrogen-bond donors (Lipinski definition) is 2. The van der Waals surface area contributed by atoms with Gasteiger partial charge in [0.15, 0.2) is 0 Å². The summed E-state index contributed by atoms with van der Waals surface area (Å²) in [5.74, 6) is 0.911. The van der Waals surface area contributed by atoms with Gasteiger partial charge in [-0.05, 0) is 55.6 Å². The lowest BCUT2D eigenvalue weighted by atomic mass is 9.65. The minimum Gasteiger partial charge on any atom is -0.387 e. The van der Waals surface area contributed by atoms with Crippen LogP contribution in [0.4, 0.5) is 0 Å². The molecule has 0 radical (unpaired) electrons. The lowest BCUT2D eigenvalue weighted by molar-refractivity contribution is -0.0612. The minimum absolute atomic E-state index is 0.400. The van der Waals surface area contributed by atoms with Gasteiger partial charge < -0.3 is 10.2 Å². The Bertz CT molecular complexity index is 359. The molecule has 17 heavy (non-hydrogen) atoms. The second-order valence-corrected chi connectivity index (χ2v) is 6.19. The Labute approximate surface area is 104 Å². The van der Waals surface area contributed by atoms with Gasteiger partial charge in [-0.1, -0.05) is 26.0 Å². The molecule has 0 fully saturated rings. The van der Waals surface area contributed by atoms with E-state index in [0.717, 1.165) is 24.8 Å². The number of hydrogen-bond acceptors (Lipinski definition) is 2. The molecule has 0 saturated heterocycles. The van der Waals surface area contributed by atoms with Crippen LogP contribution in [-0.4, -0.2) is 21.9 Å². The summed E-state index contributed by atoms with van der Waals surface area (Å²) in [7, 11) is 0. The van der Waals surface area contributed by atoms with Gasteiger partial charge in [0.05, 0.1) is 5.60 Å². The van der Waals surface area contributed by atoms with Crippen LogP contribution in [-0.2, 0) is 0 Å². The van der Waals surface area contributed by atoms with Crippen molar-refractivity contribution >= 4 is 0 Å². The third kappa shape index (κ3) is 2.09. The van der Waals surface area contributed by atoms with Crippen LogP contribution in [0.15, 0.2) is 23.3 Å². The largest absolute Gasteiger partial charge is 0.387 e. The maximum Gasteiger partial charge on any atom is 0.104 e. The van der Waals surface area contributed by atoms with Crippen molar-refractivity contribution in [3.8, 4) is 0 Å². The van der Waals surface area contributed by atoms with E-state index < -0.39 is 11.7 Å². The monoisotopic (exact) mass is 236 g/mol. The highest BCUT2D eigenvalue weighted by Gasteiger charge is 2.43. The maximum absolute atomic E-state index is 10.4. The lowest BCUT2D eigenvalue weighted by Gasteiger charge is -2.44. The standard InChI is InChI=1S/C15H24O2/c1-9(2)11-6-5-10(3)12-7-8-15(4,17)14(16)13(11)12/h9,11,14,16-17H,3,5-8H2,1-2,4H3. The van der Waals surface area contributed by atoms with Crippen LogP contribution in [0.5, 0.6) is 0 Å². The molecule has 0 bridgehead atoms. The van der Waals surface area contributed by atoms with Crippen molar-refractivity contribution in [2.75, 3.05) is 0 Å². The summed E-state index contributed by atoms with van der Waals surface area (Å²) >= 11 is 0. The van der Waals surface area contributed by atoms with E-state index in [4.69, 9.17) is 0 Å². The van der Waals surface area contributed by atoms with Gasteiger partial charge in [-0.25, -0.2) is 0 Å². The van der Waals surface area contributed by atoms with Gasteiger partial charge in [0.25, 0.3) is 0 Å². The molecule has 2 heteroatoms. The molecule has 0 amide bonds. The van der Waals surface area contributed by atoms with Gasteiger partial charge in [0.2, 0.25) is 0 Å². The highest BCUT2D eigenvalue weighted by atomic mass is 16.3. The fraction of sp³-hybridized carbons (Fsp3) is 0.733. The molecule has 0 aromatic heterocycles. The van der Waals surface area contributed by atoms with Crippen LogP contribution >= 0.6 is 0 Å². The van der Waals surface area contributed by atoms with Crippen molar-refractivity contribution < 1.29 is 10.2 Å². The molecule has 2 aliphatic rings. The Morgan fingerprint density at radius 1 is 1.35 bits per heavy atom. The zero-order valence-corrected chi connectivity index (χ0v) is 11.2. The van der Waals surface area contributed by atoms with E-state index in [1.165, 1.54) is 11.1 Å². The van der Waals surface area contributed by atoms with E-state index in [-0.39, 0.29) is 0 Å². The average molecular weight is 236 g/mol. The predicted octanol–water partition coefficient (Wildman–Crippen LogP) is 2.81. The van der Waals surface area contributed by atoms with Gasteiger partial charge in [0.1, 0.15) is 6.10 Å². The quantitative estimate of drug-likeness (QED) is 0.735. The molecule has 0 heterocycles. The topological polar surface area (TPSA) is 40.5 Å².